The van der Waals surface area contributed by atoms with Crippen molar-refractivity contribution in [2.45, 2.75) is 20.0 Å². The van der Waals surface area contributed by atoms with Crippen LogP contribution in [0.25, 0.3) is 0 Å². The highest BCUT2D eigenvalue weighted by Crippen LogP contribution is 2.32. The number of nitro groups is 1. The van der Waals surface area contributed by atoms with Gasteiger partial charge in [0.25, 0.3) is 5.69 Å². The van der Waals surface area contributed by atoms with Crippen LogP contribution in [0.1, 0.15) is 24.2 Å². The quantitative estimate of drug-likeness (QED) is 0.452. The van der Waals surface area contributed by atoms with Gasteiger partial charge in [0.15, 0.2) is 9.03 Å². The van der Waals surface area contributed by atoms with Gasteiger partial charge in [-0.15, -0.1) is 0 Å². The number of benzene rings is 1. The molecule has 88 valence electrons. The number of hydrogen-bond acceptors (Lipinski definition) is 4. The molecule has 0 amide bonds. The Labute approximate surface area is 95.9 Å². The Morgan fingerprint density at radius 1 is 1.50 bits per heavy atom. The third kappa shape index (κ3) is 3.23. The Bertz CT molecular complexity index is 383. The van der Waals surface area contributed by atoms with Gasteiger partial charge in [0, 0.05) is 13.2 Å². The fourth-order valence-corrected chi connectivity index (χ4v) is 1.72. The topological polar surface area (TPSA) is 61.6 Å². The van der Waals surface area contributed by atoms with E-state index in [0.717, 1.165) is 5.56 Å². The second kappa shape index (κ2) is 5.89. The Hall–Kier alpha value is -1.03. The molecule has 1 aromatic carbocycles. The smallest absolute Gasteiger partial charge is 0.275 e. The number of aryl methyl sites for hydroxylation is 1. The van der Waals surface area contributed by atoms with Crippen LogP contribution >= 0.6 is 9.03 Å². The molecule has 1 aromatic rings. The maximum atomic E-state index is 10.8. The third-order valence-electron chi connectivity index (χ3n) is 2.13. The monoisotopic (exact) mass is 243 g/mol. The maximum Gasteiger partial charge on any atom is 0.275 e. The maximum absolute atomic E-state index is 10.8. The van der Waals surface area contributed by atoms with Gasteiger partial charge in [-0.1, -0.05) is 11.6 Å². The van der Waals surface area contributed by atoms with Crippen molar-refractivity contribution in [3.8, 4) is 0 Å². The molecule has 0 aliphatic heterocycles. The first kappa shape index (κ1) is 13.0. The average molecular weight is 243 g/mol. The second-order valence-corrected chi connectivity index (χ2v) is 4.18. The average Bonchev–Trinajstić information content (AvgIpc) is 2.25. The lowest BCUT2D eigenvalue weighted by Crippen LogP contribution is -2.01. The largest absolute Gasteiger partial charge is 0.340 e. The highest BCUT2D eigenvalue weighted by atomic mass is 31.1. The molecule has 0 N–H and O–H groups in total. The molecule has 0 aliphatic rings. The zero-order chi connectivity index (χ0) is 12.1. The van der Waals surface area contributed by atoms with Gasteiger partial charge < -0.3 is 9.05 Å². The first-order valence-corrected chi connectivity index (χ1v) is 5.56. The third-order valence-corrected chi connectivity index (χ3v) is 2.74. The van der Waals surface area contributed by atoms with Crippen molar-refractivity contribution in [2.24, 2.45) is 0 Å². The van der Waals surface area contributed by atoms with Gasteiger partial charge in [0.1, 0.15) is 0 Å². The summed E-state index contributed by atoms with van der Waals surface area (Å²) in [4.78, 5) is 10.4. The van der Waals surface area contributed by atoms with Crippen LogP contribution in [0.15, 0.2) is 18.2 Å². The normalized spacial score (nSPS) is 13.2. The molecule has 5 nitrogen and oxygen atoms in total. The van der Waals surface area contributed by atoms with Gasteiger partial charge in [-0.3, -0.25) is 10.1 Å². The summed E-state index contributed by atoms with van der Waals surface area (Å²) in [5.74, 6) is 0. The van der Waals surface area contributed by atoms with E-state index in [1.165, 1.54) is 13.2 Å². The first-order valence-electron chi connectivity index (χ1n) is 4.75. The fourth-order valence-electron chi connectivity index (χ4n) is 1.35. The standard InChI is InChI=1S/C10H14NO4P/c1-7-4-5-10(11(12)13)9(6-7)8(2)15-16-14-3/h4-6,8,16H,1-3H3. The molecule has 0 saturated heterocycles. The van der Waals surface area contributed by atoms with E-state index < -0.39 is 4.92 Å². The van der Waals surface area contributed by atoms with Crippen LogP contribution in [-0.2, 0) is 9.05 Å². The molecule has 0 aromatic heterocycles. The Morgan fingerprint density at radius 3 is 2.75 bits per heavy atom. The minimum absolute atomic E-state index is 0.0824. The van der Waals surface area contributed by atoms with E-state index >= 15 is 0 Å². The van der Waals surface area contributed by atoms with Gasteiger partial charge in [0.05, 0.1) is 16.6 Å². The van der Waals surface area contributed by atoms with Crippen molar-refractivity contribution >= 4 is 14.7 Å². The van der Waals surface area contributed by atoms with E-state index in [2.05, 4.69) is 0 Å². The SMILES string of the molecule is COPOC(C)c1cc(C)ccc1[N+](=O)[O-]. The molecule has 2 unspecified atom stereocenters. The van der Waals surface area contributed by atoms with Crippen LogP contribution < -0.4 is 0 Å². The molecule has 2 atom stereocenters. The van der Waals surface area contributed by atoms with Crippen molar-refractivity contribution in [3.63, 3.8) is 0 Å². The minimum Gasteiger partial charge on any atom is -0.340 e. The van der Waals surface area contributed by atoms with Crippen molar-refractivity contribution in [2.75, 3.05) is 7.11 Å². The molecule has 16 heavy (non-hydrogen) atoms. The lowest BCUT2D eigenvalue weighted by Gasteiger charge is -2.12. The zero-order valence-corrected chi connectivity index (χ0v) is 10.4. The Balaban J connectivity index is 2.99. The van der Waals surface area contributed by atoms with Gasteiger partial charge in [-0.05, 0) is 19.9 Å². The number of rotatable bonds is 5. The Morgan fingerprint density at radius 2 is 2.19 bits per heavy atom. The van der Waals surface area contributed by atoms with Crippen LogP contribution in [0.2, 0.25) is 0 Å². The predicted octanol–water partition coefficient (Wildman–Crippen LogP) is 3.14. The molecule has 0 fully saturated rings. The molecule has 0 aliphatic carbocycles. The predicted molar refractivity (Wildman–Crippen MR) is 62.7 cm³/mol. The van der Waals surface area contributed by atoms with E-state index in [9.17, 15) is 10.1 Å². The summed E-state index contributed by atoms with van der Waals surface area (Å²) in [7, 11) is 1.41. The summed E-state index contributed by atoms with van der Waals surface area (Å²) in [6.07, 6.45) is -0.349. The van der Waals surface area contributed by atoms with Crippen molar-refractivity contribution in [1.29, 1.82) is 0 Å². The zero-order valence-electron chi connectivity index (χ0n) is 9.39. The molecule has 1 rings (SSSR count). The molecule has 0 spiro atoms. The number of hydrogen-bond donors (Lipinski definition) is 0. The fraction of sp³-hybridized carbons (Fsp3) is 0.400. The first-order chi connectivity index (χ1) is 7.56. The summed E-state index contributed by atoms with van der Waals surface area (Å²) in [5.41, 5.74) is 1.63. The van der Waals surface area contributed by atoms with Crippen LogP contribution in [0, 0.1) is 17.0 Å². The van der Waals surface area contributed by atoms with Gasteiger partial charge >= 0.3 is 0 Å². The molecule has 0 radical (unpaired) electrons. The summed E-state index contributed by atoms with van der Waals surface area (Å²) >= 11 is 0. The van der Waals surface area contributed by atoms with E-state index in [-0.39, 0.29) is 20.8 Å². The molecule has 6 heteroatoms. The molecular weight excluding hydrogens is 229 g/mol. The lowest BCUT2D eigenvalue weighted by atomic mass is 10.1. The van der Waals surface area contributed by atoms with Crippen LogP contribution in [-0.4, -0.2) is 12.0 Å². The lowest BCUT2D eigenvalue weighted by molar-refractivity contribution is -0.386. The van der Waals surface area contributed by atoms with Crippen LogP contribution in [0.3, 0.4) is 0 Å². The second-order valence-electron chi connectivity index (χ2n) is 3.37. The summed E-state index contributed by atoms with van der Waals surface area (Å²) in [6, 6.07) is 4.98. The van der Waals surface area contributed by atoms with Gasteiger partial charge in [-0.25, -0.2) is 0 Å². The van der Waals surface area contributed by atoms with Crippen molar-refractivity contribution in [1.82, 2.24) is 0 Å². The molecule has 0 bridgehead atoms. The summed E-state index contributed by atoms with van der Waals surface area (Å²) in [5, 5.41) is 10.8. The van der Waals surface area contributed by atoms with Gasteiger partial charge in [0.2, 0.25) is 0 Å². The van der Waals surface area contributed by atoms with Crippen molar-refractivity contribution in [3.05, 3.63) is 39.4 Å². The Kier molecular flexibility index (Phi) is 4.80. The van der Waals surface area contributed by atoms with E-state index in [1.54, 1.807) is 19.1 Å². The van der Waals surface area contributed by atoms with Crippen molar-refractivity contribution < 1.29 is 14.0 Å². The van der Waals surface area contributed by atoms with E-state index in [1.807, 2.05) is 6.92 Å². The summed E-state index contributed by atoms with van der Waals surface area (Å²) < 4.78 is 10.1. The number of nitro benzene ring substituents is 1. The van der Waals surface area contributed by atoms with Gasteiger partial charge in [-0.2, -0.15) is 0 Å². The molecule has 0 saturated carbocycles. The molecule has 0 heterocycles. The highest BCUT2D eigenvalue weighted by Gasteiger charge is 2.19. The number of nitrogens with zero attached hydrogens (tertiary/aromatic N) is 1. The molecular formula is C10H14NO4P. The summed E-state index contributed by atoms with van der Waals surface area (Å²) in [6.45, 7) is 3.66. The highest BCUT2D eigenvalue weighted by molar-refractivity contribution is 7.26. The minimum atomic E-state index is -0.398. The van der Waals surface area contributed by atoms with E-state index in [0.29, 0.717) is 5.56 Å². The van der Waals surface area contributed by atoms with E-state index in [4.69, 9.17) is 9.05 Å². The van der Waals surface area contributed by atoms with Crippen LogP contribution in [0.4, 0.5) is 5.69 Å². The van der Waals surface area contributed by atoms with Crippen LogP contribution in [0.5, 0.6) is 0 Å².